The van der Waals surface area contributed by atoms with E-state index in [0.29, 0.717) is 0 Å². The van der Waals surface area contributed by atoms with Crippen molar-refractivity contribution >= 4 is 73.1 Å². The quantitative estimate of drug-likeness (QED) is 0.179. The van der Waals surface area contributed by atoms with Crippen molar-refractivity contribution in [3.8, 4) is 0 Å². The Hall–Kier alpha value is -6.79. The molecular formula is C48H35N5O. The van der Waals surface area contributed by atoms with E-state index in [1.165, 1.54) is 16.8 Å². The zero-order valence-electron chi connectivity index (χ0n) is 29.5. The molecule has 4 unspecified atom stereocenters. The summed E-state index contributed by atoms with van der Waals surface area (Å²) in [6.07, 6.45) is 2.52. The fourth-order valence-corrected chi connectivity index (χ4v) is 10.1. The highest BCUT2D eigenvalue weighted by Crippen LogP contribution is 2.63. The number of para-hydroxylation sites is 5. The van der Waals surface area contributed by atoms with Gasteiger partial charge in [-0.2, -0.15) is 0 Å². The van der Waals surface area contributed by atoms with Crippen LogP contribution in [-0.4, -0.2) is 17.3 Å². The molecule has 54 heavy (non-hydrogen) atoms. The third kappa shape index (κ3) is 3.97. The molecule has 0 spiro atoms. The lowest BCUT2D eigenvalue weighted by atomic mass is 9.71. The lowest BCUT2D eigenvalue weighted by molar-refractivity contribution is 0.290. The Morgan fingerprint density at radius 1 is 0.519 bits per heavy atom. The van der Waals surface area contributed by atoms with Gasteiger partial charge in [0.05, 0.1) is 22.7 Å². The third-order valence-corrected chi connectivity index (χ3v) is 12.1. The molecule has 4 aliphatic rings. The normalized spacial score (nSPS) is 20.8. The molecule has 8 aromatic rings. The molecule has 12 rings (SSSR count). The first-order valence-corrected chi connectivity index (χ1v) is 18.8. The van der Waals surface area contributed by atoms with Crippen LogP contribution in [0.1, 0.15) is 23.5 Å². The number of anilines is 8. The van der Waals surface area contributed by atoms with Crippen molar-refractivity contribution in [1.82, 2.24) is 4.98 Å². The summed E-state index contributed by atoms with van der Waals surface area (Å²) in [5, 5.41) is 2.24. The minimum Gasteiger partial charge on any atom is -0.456 e. The van der Waals surface area contributed by atoms with Crippen molar-refractivity contribution in [2.75, 3.05) is 19.6 Å². The van der Waals surface area contributed by atoms with E-state index in [9.17, 15) is 0 Å². The molecule has 2 aromatic heterocycles. The molecule has 4 aliphatic heterocycles. The standard InChI is InChI=1S/C48H35N5O/c1-30-27-37-34-20-9-12-23-39(34)53-46-40(24-14-26-49-46)50(31-15-4-2-5-16-31)48(53)45(37)47-51(32-17-6-3-7-18-32)41-28-36-35-21-10-13-25-43(35)54-44(36)29-42(41)52(47)38-22-11-8-19-33(30)38/h2-26,28-29,37,45,47-48H,1,27H2. The largest absolute Gasteiger partial charge is 0.456 e. The molecular weight excluding hydrogens is 663 g/mol. The fraction of sp³-hybridized carbons (Fsp3) is 0.104. The molecule has 6 heteroatoms. The predicted molar refractivity (Wildman–Crippen MR) is 220 cm³/mol. The van der Waals surface area contributed by atoms with E-state index in [4.69, 9.17) is 16.0 Å². The van der Waals surface area contributed by atoms with Crippen molar-refractivity contribution in [1.29, 1.82) is 0 Å². The van der Waals surface area contributed by atoms with Crippen LogP contribution < -0.4 is 19.6 Å². The van der Waals surface area contributed by atoms with Gasteiger partial charge in [0.25, 0.3) is 0 Å². The summed E-state index contributed by atoms with van der Waals surface area (Å²) >= 11 is 0. The van der Waals surface area contributed by atoms with Crippen molar-refractivity contribution in [2.24, 2.45) is 5.92 Å². The van der Waals surface area contributed by atoms with E-state index < -0.39 is 0 Å². The Labute approximate surface area is 313 Å². The zero-order valence-corrected chi connectivity index (χ0v) is 29.5. The van der Waals surface area contributed by atoms with E-state index in [-0.39, 0.29) is 24.2 Å². The summed E-state index contributed by atoms with van der Waals surface area (Å²) in [5.41, 5.74) is 13.5. The summed E-state index contributed by atoms with van der Waals surface area (Å²) in [5.74, 6) is 1.13. The van der Waals surface area contributed by atoms with Crippen LogP contribution in [-0.2, 0) is 0 Å². The molecule has 0 saturated carbocycles. The van der Waals surface area contributed by atoms with Gasteiger partial charge in [0.2, 0.25) is 0 Å². The van der Waals surface area contributed by atoms with Crippen LogP contribution in [0.15, 0.2) is 175 Å². The number of fused-ring (bicyclic) bond motifs is 17. The Balaban J connectivity index is 1.20. The van der Waals surface area contributed by atoms with Crippen LogP contribution in [0.4, 0.5) is 45.6 Å². The second-order valence-corrected chi connectivity index (χ2v) is 14.8. The van der Waals surface area contributed by atoms with Gasteiger partial charge in [-0.3, -0.25) is 0 Å². The van der Waals surface area contributed by atoms with Crippen molar-refractivity contribution < 1.29 is 4.42 Å². The first kappa shape index (κ1) is 29.8. The summed E-state index contributed by atoms with van der Waals surface area (Å²) in [6.45, 7) is 4.85. The lowest BCUT2D eigenvalue weighted by Gasteiger charge is -2.53. The summed E-state index contributed by atoms with van der Waals surface area (Å²) in [6, 6.07) is 57.0. The van der Waals surface area contributed by atoms with Crippen LogP contribution in [0, 0.1) is 5.92 Å². The van der Waals surface area contributed by atoms with Gasteiger partial charge in [0.1, 0.15) is 23.5 Å². The highest BCUT2D eigenvalue weighted by Gasteiger charge is 2.58. The van der Waals surface area contributed by atoms with Gasteiger partial charge in [-0.1, -0.05) is 97.6 Å². The zero-order chi connectivity index (χ0) is 35.5. The first-order chi connectivity index (χ1) is 26.7. The molecule has 4 atom stereocenters. The third-order valence-electron chi connectivity index (χ3n) is 12.1. The minimum atomic E-state index is -0.138. The van der Waals surface area contributed by atoms with Crippen molar-refractivity contribution in [2.45, 2.75) is 24.7 Å². The van der Waals surface area contributed by atoms with E-state index in [1.807, 2.05) is 12.3 Å². The summed E-state index contributed by atoms with van der Waals surface area (Å²) in [4.78, 5) is 15.4. The van der Waals surface area contributed by atoms with Gasteiger partial charge in [-0.15, -0.1) is 0 Å². The van der Waals surface area contributed by atoms with E-state index in [1.54, 1.807) is 0 Å². The van der Waals surface area contributed by atoms with Crippen LogP contribution in [0.3, 0.4) is 0 Å². The van der Waals surface area contributed by atoms with Gasteiger partial charge >= 0.3 is 0 Å². The highest BCUT2D eigenvalue weighted by atomic mass is 16.3. The van der Waals surface area contributed by atoms with Crippen LogP contribution in [0.2, 0.25) is 0 Å². The number of rotatable bonds is 2. The number of pyridine rings is 1. The molecule has 0 bridgehead atoms. The number of nitrogens with zero attached hydrogens (tertiary/aromatic N) is 5. The number of aromatic nitrogens is 1. The lowest BCUT2D eigenvalue weighted by Crippen LogP contribution is -2.60. The van der Waals surface area contributed by atoms with Gasteiger partial charge in [0, 0.05) is 57.5 Å². The molecule has 6 heterocycles. The molecule has 0 aliphatic carbocycles. The number of hydrogen-bond donors (Lipinski definition) is 0. The minimum absolute atomic E-state index is 0.0232. The molecule has 6 aromatic carbocycles. The van der Waals surface area contributed by atoms with E-state index >= 15 is 0 Å². The van der Waals surface area contributed by atoms with Gasteiger partial charge < -0.3 is 24.0 Å². The molecule has 0 fully saturated rings. The number of hydrogen-bond acceptors (Lipinski definition) is 6. The smallest absolute Gasteiger partial charge is 0.158 e. The topological polar surface area (TPSA) is 39.0 Å². The maximum absolute atomic E-state index is 6.62. The van der Waals surface area contributed by atoms with Crippen LogP contribution in [0.25, 0.3) is 27.5 Å². The van der Waals surface area contributed by atoms with Gasteiger partial charge in [-0.05, 0) is 78.2 Å². The Morgan fingerprint density at radius 3 is 1.96 bits per heavy atom. The number of benzene rings is 6. The first-order valence-electron chi connectivity index (χ1n) is 18.8. The number of furan rings is 1. The average Bonchev–Trinajstić information content (AvgIpc) is 3.87. The SMILES string of the molecule is C=C1CC2c3ccccc3N3c4ncccc4N(c4ccccc4)C3C2C2N(c3ccccc3)c3cc4c(cc3N2c2ccccc21)oc1ccccc14. The summed E-state index contributed by atoms with van der Waals surface area (Å²) < 4.78 is 6.62. The van der Waals surface area contributed by atoms with Gasteiger partial charge in [-0.25, -0.2) is 4.98 Å². The van der Waals surface area contributed by atoms with Crippen LogP contribution >= 0.6 is 0 Å². The average molecular weight is 698 g/mol. The molecule has 258 valence electrons. The second-order valence-electron chi connectivity index (χ2n) is 14.8. The number of allylic oxidation sites excluding steroid dienone is 1. The maximum atomic E-state index is 6.62. The summed E-state index contributed by atoms with van der Waals surface area (Å²) in [7, 11) is 0. The van der Waals surface area contributed by atoms with Crippen LogP contribution in [0.5, 0.6) is 0 Å². The highest BCUT2D eigenvalue weighted by molar-refractivity contribution is 6.10. The van der Waals surface area contributed by atoms with Crippen molar-refractivity contribution in [3.05, 3.63) is 182 Å². The molecule has 0 amide bonds. The Morgan fingerprint density at radius 2 is 1.15 bits per heavy atom. The molecule has 0 saturated heterocycles. The van der Waals surface area contributed by atoms with Crippen molar-refractivity contribution in [3.63, 3.8) is 0 Å². The fourth-order valence-electron chi connectivity index (χ4n) is 10.1. The van der Waals surface area contributed by atoms with E-state index in [2.05, 4.69) is 171 Å². The Kier molecular flexibility index (Phi) is 6.12. The monoisotopic (exact) mass is 697 g/mol. The predicted octanol–water partition coefficient (Wildman–Crippen LogP) is 12.0. The second kappa shape index (κ2) is 11.1. The molecule has 0 radical (unpaired) electrons. The van der Waals surface area contributed by atoms with Gasteiger partial charge in [0.15, 0.2) is 5.82 Å². The Bertz CT molecular complexity index is 2790. The van der Waals surface area contributed by atoms with E-state index in [0.717, 1.165) is 73.9 Å². The molecule has 6 nitrogen and oxygen atoms in total. The molecule has 0 N–H and O–H groups in total. The maximum Gasteiger partial charge on any atom is 0.158 e.